The number of phenols is 2. The zero-order valence-electron chi connectivity index (χ0n) is 28.6. The molecule has 2 aliphatic heterocycles. The molecule has 2 aliphatic carbocycles. The molecule has 0 aromatic heterocycles. The summed E-state index contributed by atoms with van der Waals surface area (Å²) in [6.45, 7) is 4.61. The van der Waals surface area contributed by atoms with Crippen molar-refractivity contribution < 1.29 is 61.8 Å². The van der Waals surface area contributed by atoms with Crippen molar-refractivity contribution in [3.63, 3.8) is 0 Å². The fraction of sp³-hybridized carbons (Fsp3) is 0.571. The first-order valence-corrected chi connectivity index (χ1v) is 16.8. The van der Waals surface area contributed by atoms with E-state index in [9.17, 15) is 42.9 Å². The van der Waals surface area contributed by atoms with Gasteiger partial charge >= 0.3 is 6.18 Å². The van der Waals surface area contributed by atoms with E-state index in [4.69, 9.17) is 24.7 Å². The van der Waals surface area contributed by atoms with Crippen molar-refractivity contribution in [2.75, 3.05) is 47.1 Å². The van der Waals surface area contributed by atoms with E-state index in [0.29, 0.717) is 6.61 Å². The van der Waals surface area contributed by atoms with E-state index in [2.05, 4.69) is 10.2 Å². The van der Waals surface area contributed by atoms with E-state index >= 15 is 0 Å². The molecule has 6 atom stereocenters. The number of hydrogen-bond acceptors (Lipinski definition) is 12. The number of aliphatic hydroxyl groups is 1. The van der Waals surface area contributed by atoms with Crippen molar-refractivity contribution in [2.45, 2.75) is 75.8 Å². The monoisotopic (exact) mass is 723 g/mol. The van der Waals surface area contributed by atoms with E-state index in [1.807, 2.05) is 6.92 Å². The first-order chi connectivity index (χ1) is 24.2. The van der Waals surface area contributed by atoms with Gasteiger partial charge in [-0.05, 0) is 45.1 Å². The Labute approximate surface area is 292 Å². The number of rotatable bonds is 7. The number of nitrogens with zero attached hydrogens (tertiary/aromatic N) is 1. The summed E-state index contributed by atoms with van der Waals surface area (Å²) < 4.78 is 58.9. The molecule has 0 spiro atoms. The maximum absolute atomic E-state index is 13.3. The highest BCUT2D eigenvalue weighted by atomic mass is 19.4. The summed E-state index contributed by atoms with van der Waals surface area (Å²) >= 11 is 0. The molecule has 0 saturated carbocycles. The Morgan fingerprint density at radius 2 is 1.76 bits per heavy atom. The Kier molecular flexibility index (Phi) is 11.9. The molecule has 6 N–H and O–H groups in total. The molecule has 2 fully saturated rings. The Bertz CT molecular complexity index is 1640. The molecule has 16 heteroatoms. The number of alkyl halides is 3. The minimum absolute atomic E-state index is 0.00715. The Morgan fingerprint density at radius 3 is 2.45 bits per heavy atom. The van der Waals surface area contributed by atoms with Gasteiger partial charge in [0, 0.05) is 62.0 Å². The number of halogens is 3. The highest BCUT2D eigenvalue weighted by Gasteiger charge is 2.42. The summed E-state index contributed by atoms with van der Waals surface area (Å²) in [5, 5.41) is 34.5. The fourth-order valence-corrected chi connectivity index (χ4v) is 7.13. The van der Waals surface area contributed by atoms with Crippen molar-refractivity contribution in [1.82, 2.24) is 10.2 Å². The van der Waals surface area contributed by atoms with Crippen molar-refractivity contribution in [1.29, 1.82) is 0 Å². The first-order valence-electron chi connectivity index (χ1n) is 16.8. The van der Waals surface area contributed by atoms with Crippen LogP contribution in [0.25, 0.3) is 0 Å². The number of phenolic OH excluding ortho intramolecular Hbond substituents is 2. The summed E-state index contributed by atoms with van der Waals surface area (Å²) in [7, 11) is 2.99. The molecule has 4 aliphatic rings. The van der Waals surface area contributed by atoms with Crippen LogP contribution >= 0.6 is 0 Å². The first kappa shape index (κ1) is 38.4. The van der Waals surface area contributed by atoms with Gasteiger partial charge in [0.15, 0.2) is 12.1 Å². The molecule has 280 valence electrons. The molecular weight excluding hydrogens is 679 g/mol. The normalized spacial score (nSPS) is 25.5. The maximum Gasteiger partial charge on any atom is 0.403 e. The molecule has 2 aromatic rings. The number of nitrogens with two attached hydrogens (primary N) is 1. The number of hydrogen-bond donors (Lipinski definition) is 5. The van der Waals surface area contributed by atoms with Crippen LogP contribution < -0.4 is 15.8 Å². The van der Waals surface area contributed by atoms with Gasteiger partial charge in [0.25, 0.3) is 0 Å². The summed E-state index contributed by atoms with van der Waals surface area (Å²) in [5.41, 5.74) is 4.82. The van der Waals surface area contributed by atoms with Gasteiger partial charge in [0.05, 0.1) is 42.6 Å². The number of amides is 1. The van der Waals surface area contributed by atoms with Gasteiger partial charge < -0.3 is 45.3 Å². The lowest BCUT2D eigenvalue weighted by atomic mass is 9.75. The number of nitrogens with one attached hydrogen (secondary N) is 1. The molecule has 6 rings (SSSR count). The number of methoxy groups -OCH3 is 2. The average Bonchev–Trinajstić information content (AvgIpc) is 3.12. The van der Waals surface area contributed by atoms with Crippen LogP contribution in [-0.4, -0.2) is 122 Å². The summed E-state index contributed by atoms with van der Waals surface area (Å²) in [6.07, 6.45) is -4.57. The third-order valence-electron chi connectivity index (χ3n) is 10.0. The van der Waals surface area contributed by atoms with E-state index in [0.717, 1.165) is 26.1 Å². The van der Waals surface area contributed by atoms with Crippen molar-refractivity contribution in [3.05, 3.63) is 51.6 Å². The second-order valence-corrected chi connectivity index (χ2v) is 13.1. The largest absolute Gasteiger partial charge is 0.507 e. The Balaban J connectivity index is 0.000000262. The predicted octanol–water partition coefficient (Wildman–Crippen LogP) is 2.21. The summed E-state index contributed by atoms with van der Waals surface area (Å²) in [6, 6.07) is 2.56. The molecule has 13 nitrogen and oxygen atoms in total. The predicted molar refractivity (Wildman–Crippen MR) is 175 cm³/mol. The van der Waals surface area contributed by atoms with Crippen LogP contribution in [0.1, 0.15) is 69.2 Å². The number of ketones is 2. The minimum atomic E-state index is -4.57. The van der Waals surface area contributed by atoms with Gasteiger partial charge in [-0.1, -0.05) is 12.1 Å². The molecule has 6 unspecified atom stereocenters. The van der Waals surface area contributed by atoms with E-state index < -0.39 is 59.6 Å². The number of fused-ring (bicyclic) bond motifs is 3. The fourth-order valence-electron chi connectivity index (χ4n) is 7.13. The number of morpholine rings is 1. The van der Waals surface area contributed by atoms with Gasteiger partial charge in [-0.15, -0.1) is 0 Å². The standard InChI is InChI=1S/C24H23F3N2O6.C11H21NO4/c1-35-14-4-2-3-12-16(14)22(33)18-17(20(12)31)21(32)13-9-10(5-6-11(13)19(18)30)23(34)29-8-7-15(28)24(25,26)27;1-8-11(13)9(3-5-15-8)12-4-6-16-10(7-12)14-2/h2-4,10,15,30,32H,5-9,28H2,1H3,(H,29,34);8-11,13H,3-7H2,1-2H3. The third kappa shape index (κ3) is 7.85. The van der Waals surface area contributed by atoms with E-state index in [1.165, 1.54) is 25.3 Å². The second kappa shape index (κ2) is 15.8. The molecule has 2 heterocycles. The van der Waals surface area contributed by atoms with Crippen LogP contribution in [0.2, 0.25) is 0 Å². The highest BCUT2D eigenvalue weighted by Crippen LogP contribution is 2.47. The summed E-state index contributed by atoms with van der Waals surface area (Å²) in [5.74, 6) is -3.34. The van der Waals surface area contributed by atoms with Gasteiger partial charge in [0.2, 0.25) is 11.7 Å². The Morgan fingerprint density at radius 1 is 1.06 bits per heavy atom. The van der Waals surface area contributed by atoms with Crippen LogP contribution in [0.3, 0.4) is 0 Å². The zero-order chi connectivity index (χ0) is 37.2. The summed E-state index contributed by atoms with van der Waals surface area (Å²) in [4.78, 5) is 41.3. The van der Waals surface area contributed by atoms with Gasteiger partial charge in [0.1, 0.15) is 23.3 Å². The van der Waals surface area contributed by atoms with Crippen LogP contribution in [0, 0.1) is 5.92 Å². The van der Waals surface area contributed by atoms with Crippen molar-refractivity contribution in [3.8, 4) is 17.2 Å². The number of aliphatic hydroxyl groups excluding tert-OH is 1. The molecule has 2 aromatic carbocycles. The van der Waals surface area contributed by atoms with Gasteiger partial charge in [-0.25, -0.2) is 0 Å². The molecular formula is C35H44F3N3O10. The number of carbonyl (C=O) groups is 3. The third-order valence-corrected chi connectivity index (χ3v) is 10.0. The molecule has 2 saturated heterocycles. The quantitative estimate of drug-likeness (QED) is 0.224. The smallest absolute Gasteiger partial charge is 0.403 e. The van der Waals surface area contributed by atoms with Gasteiger partial charge in [-0.2, -0.15) is 13.2 Å². The lowest BCUT2D eigenvalue weighted by Gasteiger charge is -2.43. The number of aromatic hydroxyl groups is 2. The Hall–Kier alpha value is -3.80. The lowest BCUT2D eigenvalue weighted by Crippen LogP contribution is -2.57. The maximum atomic E-state index is 13.3. The van der Waals surface area contributed by atoms with Crippen LogP contribution in [0.15, 0.2) is 18.2 Å². The number of carbonyl (C=O) groups excluding carboxylic acids is 3. The van der Waals surface area contributed by atoms with E-state index in [1.54, 1.807) is 7.11 Å². The van der Waals surface area contributed by atoms with E-state index in [-0.39, 0.29) is 83.4 Å². The van der Waals surface area contributed by atoms with Crippen LogP contribution in [0.4, 0.5) is 13.2 Å². The molecule has 0 bridgehead atoms. The topological polar surface area (TPSA) is 190 Å². The second-order valence-electron chi connectivity index (χ2n) is 13.1. The van der Waals surface area contributed by atoms with Crippen LogP contribution in [-0.2, 0) is 31.8 Å². The lowest BCUT2D eigenvalue weighted by molar-refractivity contribution is -0.190. The number of ether oxygens (including phenoxy) is 4. The zero-order valence-corrected chi connectivity index (χ0v) is 28.6. The average molecular weight is 724 g/mol. The number of benzene rings is 2. The highest BCUT2D eigenvalue weighted by molar-refractivity contribution is 6.31. The van der Waals surface area contributed by atoms with Crippen molar-refractivity contribution in [2.24, 2.45) is 11.7 Å². The SMILES string of the molecule is COC1CN(C2CCOC(C)C2O)CCO1.COc1cccc2c1C(=O)c1c(O)c3c(c(O)c1C2=O)CC(C(=O)NCCC(N)C(F)(F)F)CC3. The van der Waals surface area contributed by atoms with Crippen molar-refractivity contribution >= 4 is 17.5 Å². The molecule has 0 radical (unpaired) electrons. The minimum Gasteiger partial charge on any atom is -0.507 e. The molecule has 51 heavy (non-hydrogen) atoms. The van der Waals surface area contributed by atoms with Gasteiger partial charge in [-0.3, -0.25) is 19.3 Å². The molecule has 1 amide bonds. The van der Waals surface area contributed by atoms with Crippen LogP contribution in [0.5, 0.6) is 17.2 Å².